The summed E-state index contributed by atoms with van der Waals surface area (Å²) in [6.45, 7) is 7.83. The molecule has 1 rings (SSSR count). The molecule has 6 heteroatoms. The summed E-state index contributed by atoms with van der Waals surface area (Å²) in [5, 5.41) is 3.40. The second-order valence-electron chi connectivity index (χ2n) is 5.07. The molecule has 1 N–H and O–H groups in total. The van der Waals surface area contributed by atoms with E-state index in [2.05, 4.69) is 22.1 Å². The van der Waals surface area contributed by atoms with Crippen LogP contribution in [0.5, 0.6) is 0 Å². The van der Waals surface area contributed by atoms with Crippen molar-refractivity contribution >= 4 is 5.96 Å². The maximum absolute atomic E-state index is 5.68. The lowest BCUT2D eigenvalue weighted by molar-refractivity contribution is 0.0263. The molecule has 1 aliphatic heterocycles. The minimum atomic E-state index is 0.415. The predicted octanol–water partition coefficient (Wildman–Crippen LogP) is 1.12. The van der Waals surface area contributed by atoms with Crippen LogP contribution in [0.2, 0.25) is 0 Å². The highest BCUT2D eigenvalue weighted by Crippen LogP contribution is 2.13. The smallest absolute Gasteiger partial charge is 0.193 e. The molecule has 1 fully saturated rings. The van der Waals surface area contributed by atoms with E-state index in [0.717, 1.165) is 58.1 Å². The second-order valence-corrected chi connectivity index (χ2v) is 5.07. The number of hydrogen-bond donors (Lipinski definition) is 1. The van der Waals surface area contributed by atoms with Crippen LogP contribution in [0.1, 0.15) is 26.2 Å². The van der Waals surface area contributed by atoms with Crippen LogP contribution in [0.15, 0.2) is 4.99 Å². The molecular formula is C15H31N3O3. The van der Waals surface area contributed by atoms with E-state index in [9.17, 15) is 0 Å². The Morgan fingerprint density at radius 3 is 2.62 bits per heavy atom. The highest BCUT2D eigenvalue weighted by Gasteiger charge is 2.21. The van der Waals surface area contributed by atoms with Crippen molar-refractivity contribution in [3.8, 4) is 0 Å². The Bertz CT molecular complexity index is 279. The fraction of sp³-hybridized carbons (Fsp3) is 0.933. The molecule has 1 saturated heterocycles. The molecule has 0 atom stereocenters. The number of likely N-dealkylation sites (tertiary alicyclic amines) is 1. The standard InChI is InChI=1S/C15H31N3O3/c1-4-21-14-6-9-18(10-7-14)15(16-2)17-8-5-11-20-13-12-19-3/h14H,4-13H2,1-3H3,(H,16,17). The number of ether oxygens (including phenoxy) is 3. The first-order chi connectivity index (χ1) is 10.3. The average molecular weight is 301 g/mol. The van der Waals surface area contributed by atoms with Crippen LogP contribution in [0.25, 0.3) is 0 Å². The van der Waals surface area contributed by atoms with Crippen molar-refractivity contribution in [1.82, 2.24) is 10.2 Å². The quantitative estimate of drug-likeness (QED) is 0.393. The van der Waals surface area contributed by atoms with Gasteiger partial charge in [0.1, 0.15) is 0 Å². The zero-order valence-electron chi connectivity index (χ0n) is 13.8. The van der Waals surface area contributed by atoms with Gasteiger partial charge in [0.25, 0.3) is 0 Å². The van der Waals surface area contributed by atoms with E-state index >= 15 is 0 Å². The summed E-state index contributed by atoms with van der Waals surface area (Å²) >= 11 is 0. The van der Waals surface area contributed by atoms with E-state index < -0.39 is 0 Å². The Hall–Kier alpha value is -0.850. The Morgan fingerprint density at radius 2 is 2.00 bits per heavy atom. The lowest BCUT2D eigenvalue weighted by Crippen LogP contribution is -2.47. The van der Waals surface area contributed by atoms with Gasteiger partial charge in [0.05, 0.1) is 19.3 Å². The summed E-state index contributed by atoms with van der Waals surface area (Å²) in [5.41, 5.74) is 0. The largest absolute Gasteiger partial charge is 0.382 e. The van der Waals surface area contributed by atoms with Gasteiger partial charge in [-0.05, 0) is 26.2 Å². The van der Waals surface area contributed by atoms with Gasteiger partial charge in [-0.2, -0.15) is 0 Å². The first-order valence-electron chi connectivity index (χ1n) is 7.95. The number of piperidine rings is 1. The van der Waals surface area contributed by atoms with Crippen LogP contribution in [-0.2, 0) is 14.2 Å². The molecule has 0 unspecified atom stereocenters. The normalized spacial score (nSPS) is 17.3. The van der Waals surface area contributed by atoms with Crippen molar-refractivity contribution in [2.75, 3.05) is 60.2 Å². The highest BCUT2D eigenvalue weighted by molar-refractivity contribution is 5.79. The highest BCUT2D eigenvalue weighted by atomic mass is 16.5. The minimum Gasteiger partial charge on any atom is -0.382 e. The lowest BCUT2D eigenvalue weighted by atomic mass is 10.1. The Balaban J connectivity index is 2.12. The molecule has 0 radical (unpaired) electrons. The molecule has 124 valence electrons. The SMILES string of the molecule is CCOC1CCN(C(=NC)NCCCOCCOC)CC1. The Labute approximate surface area is 128 Å². The fourth-order valence-corrected chi connectivity index (χ4v) is 2.42. The van der Waals surface area contributed by atoms with Crippen molar-refractivity contribution in [1.29, 1.82) is 0 Å². The van der Waals surface area contributed by atoms with Gasteiger partial charge in [-0.15, -0.1) is 0 Å². The number of nitrogens with zero attached hydrogens (tertiary/aromatic N) is 2. The van der Waals surface area contributed by atoms with E-state index in [1.165, 1.54) is 0 Å². The van der Waals surface area contributed by atoms with Gasteiger partial charge >= 0.3 is 0 Å². The van der Waals surface area contributed by atoms with Crippen LogP contribution in [0, 0.1) is 0 Å². The molecule has 0 aliphatic carbocycles. The summed E-state index contributed by atoms with van der Waals surface area (Å²) in [4.78, 5) is 6.67. The van der Waals surface area contributed by atoms with Gasteiger partial charge in [0.2, 0.25) is 0 Å². The summed E-state index contributed by atoms with van der Waals surface area (Å²) in [6, 6.07) is 0. The van der Waals surface area contributed by atoms with Crippen LogP contribution in [0.3, 0.4) is 0 Å². The summed E-state index contributed by atoms with van der Waals surface area (Å²) < 4.78 is 16.0. The van der Waals surface area contributed by atoms with Gasteiger partial charge in [-0.25, -0.2) is 0 Å². The number of aliphatic imine (C=N–C) groups is 1. The molecule has 0 saturated carbocycles. The van der Waals surface area contributed by atoms with Crippen molar-refractivity contribution < 1.29 is 14.2 Å². The van der Waals surface area contributed by atoms with E-state index in [1.54, 1.807) is 7.11 Å². The summed E-state index contributed by atoms with van der Waals surface area (Å²) in [5.74, 6) is 0.988. The zero-order valence-corrected chi connectivity index (χ0v) is 13.8. The topological polar surface area (TPSA) is 55.3 Å². The number of nitrogens with one attached hydrogen (secondary N) is 1. The van der Waals surface area contributed by atoms with Crippen LogP contribution in [-0.4, -0.2) is 77.2 Å². The summed E-state index contributed by atoms with van der Waals surface area (Å²) in [6.07, 6.45) is 3.54. The summed E-state index contributed by atoms with van der Waals surface area (Å²) in [7, 11) is 3.52. The van der Waals surface area contributed by atoms with Crippen molar-refractivity contribution in [3.63, 3.8) is 0 Å². The zero-order chi connectivity index (χ0) is 15.3. The molecule has 6 nitrogen and oxygen atoms in total. The molecule has 1 aliphatic rings. The van der Waals surface area contributed by atoms with E-state index in [0.29, 0.717) is 19.3 Å². The van der Waals surface area contributed by atoms with Gasteiger partial charge in [0.15, 0.2) is 5.96 Å². The van der Waals surface area contributed by atoms with E-state index in [-0.39, 0.29) is 0 Å². The number of methoxy groups -OCH3 is 1. The Morgan fingerprint density at radius 1 is 1.24 bits per heavy atom. The van der Waals surface area contributed by atoms with Crippen molar-refractivity contribution in [2.24, 2.45) is 4.99 Å². The molecule has 0 aromatic carbocycles. The molecular weight excluding hydrogens is 270 g/mol. The molecule has 0 aromatic rings. The molecule has 0 spiro atoms. The van der Waals surface area contributed by atoms with Crippen LogP contribution >= 0.6 is 0 Å². The molecule has 21 heavy (non-hydrogen) atoms. The fourth-order valence-electron chi connectivity index (χ4n) is 2.42. The van der Waals surface area contributed by atoms with Crippen LogP contribution in [0.4, 0.5) is 0 Å². The first kappa shape index (κ1) is 18.2. The van der Waals surface area contributed by atoms with Crippen molar-refractivity contribution in [3.05, 3.63) is 0 Å². The molecule has 0 amide bonds. The monoisotopic (exact) mass is 301 g/mol. The van der Waals surface area contributed by atoms with Crippen LogP contribution < -0.4 is 5.32 Å². The third-order valence-corrected chi connectivity index (χ3v) is 3.54. The third kappa shape index (κ3) is 7.64. The first-order valence-corrected chi connectivity index (χ1v) is 7.95. The van der Waals surface area contributed by atoms with Gasteiger partial charge < -0.3 is 24.4 Å². The van der Waals surface area contributed by atoms with E-state index in [4.69, 9.17) is 14.2 Å². The number of hydrogen-bond acceptors (Lipinski definition) is 4. The minimum absolute atomic E-state index is 0.415. The molecule has 0 bridgehead atoms. The second kappa shape index (κ2) is 11.8. The maximum Gasteiger partial charge on any atom is 0.193 e. The Kier molecular flexibility index (Phi) is 10.2. The van der Waals surface area contributed by atoms with Gasteiger partial charge in [-0.3, -0.25) is 4.99 Å². The third-order valence-electron chi connectivity index (χ3n) is 3.54. The molecule has 0 aromatic heterocycles. The van der Waals surface area contributed by atoms with Gasteiger partial charge in [0, 0.05) is 47.0 Å². The lowest BCUT2D eigenvalue weighted by Gasteiger charge is -2.34. The average Bonchev–Trinajstić information content (AvgIpc) is 2.52. The molecule has 1 heterocycles. The van der Waals surface area contributed by atoms with Gasteiger partial charge in [-0.1, -0.05) is 0 Å². The predicted molar refractivity (Wildman–Crippen MR) is 84.9 cm³/mol. The van der Waals surface area contributed by atoms with E-state index in [1.807, 2.05) is 7.05 Å². The number of rotatable bonds is 9. The van der Waals surface area contributed by atoms with Crippen molar-refractivity contribution in [2.45, 2.75) is 32.3 Å². The maximum atomic E-state index is 5.68. The number of guanidine groups is 1.